The number of aryl methyl sites for hydroxylation is 1. The number of aromatic nitrogens is 1. The lowest BCUT2D eigenvalue weighted by Gasteiger charge is -2.33. The van der Waals surface area contributed by atoms with Gasteiger partial charge in [0.25, 0.3) is 0 Å². The largest absolute Gasteiger partial charge is 0.314 e. The van der Waals surface area contributed by atoms with Crippen LogP contribution in [0.1, 0.15) is 12.6 Å². The average molecular weight is 278 g/mol. The van der Waals surface area contributed by atoms with Crippen molar-refractivity contribution in [2.75, 3.05) is 26.2 Å². The molecule has 1 saturated heterocycles. The van der Waals surface area contributed by atoms with E-state index in [9.17, 15) is 4.79 Å². The van der Waals surface area contributed by atoms with Crippen molar-refractivity contribution in [3.05, 3.63) is 20.7 Å². The van der Waals surface area contributed by atoms with Gasteiger partial charge in [0.15, 0.2) is 0 Å². The molecule has 17 heavy (non-hydrogen) atoms. The first-order chi connectivity index (χ1) is 7.68. The van der Waals surface area contributed by atoms with Gasteiger partial charge in [-0.1, -0.05) is 11.3 Å². The second-order valence-electron chi connectivity index (χ2n) is 4.38. The van der Waals surface area contributed by atoms with Crippen LogP contribution in [0, 0.1) is 6.92 Å². The molecule has 2 heterocycles. The molecule has 0 radical (unpaired) electrons. The van der Waals surface area contributed by atoms with Crippen molar-refractivity contribution >= 4 is 23.7 Å². The van der Waals surface area contributed by atoms with E-state index in [-0.39, 0.29) is 17.3 Å². The van der Waals surface area contributed by atoms with Gasteiger partial charge in [-0.25, -0.2) is 0 Å². The molecular weight excluding hydrogens is 258 g/mol. The first kappa shape index (κ1) is 14.7. The molecule has 98 valence electrons. The molecule has 2 rings (SSSR count). The van der Waals surface area contributed by atoms with Gasteiger partial charge in [-0.3, -0.25) is 9.69 Å². The van der Waals surface area contributed by atoms with Gasteiger partial charge in [-0.15, -0.1) is 12.4 Å². The fraction of sp³-hybridized carbons (Fsp3) is 0.727. The third-order valence-electron chi connectivity index (χ3n) is 3.23. The molecule has 1 aliphatic heterocycles. The fourth-order valence-electron chi connectivity index (χ4n) is 2.12. The van der Waals surface area contributed by atoms with E-state index in [1.165, 1.54) is 11.3 Å². The van der Waals surface area contributed by atoms with Crippen molar-refractivity contribution < 1.29 is 0 Å². The van der Waals surface area contributed by atoms with Crippen LogP contribution < -0.4 is 10.2 Å². The SMILES string of the molecule is Cc1csc(=O)n1CCN1CCNC[C@@H]1C.Cl. The Bertz CT molecular complexity index is 404. The van der Waals surface area contributed by atoms with Gasteiger partial charge in [0.2, 0.25) is 0 Å². The molecule has 0 amide bonds. The van der Waals surface area contributed by atoms with Gasteiger partial charge in [0.1, 0.15) is 0 Å². The zero-order valence-electron chi connectivity index (χ0n) is 10.3. The molecule has 1 N–H and O–H groups in total. The molecular formula is C11H20ClN3OS. The van der Waals surface area contributed by atoms with E-state index in [4.69, 9.17) is 0 Å². The number of nitrogens with zero attached hydrogens (tertiary/aromatic N) is 2. The van der Waals surface area contributed by atoms with Crippen LogP contribution in [-0.2, 0) is 6.54 Å². The van der Waals surface area contributed by atoms with Gasteiger partial charge in [-0.2, -0.15) is 0 Å². The number of hydrogen-bond acceptors (Lipinski definition) is 4. The summed E-state index contributed by atoms with van der Waals surface area (Å²) in [6, 6.07) is 0.573. The molecule has 0 spiro atoms. The number of hydrogen-bond donors (Lipinski definition) is 1. The number of nitrogens with one attached hydrogen (secondary N) is 1. The van der Waals surface area contributed by atoms with E-state index < -0.39 is 0 Å². The third-order valence-corrected chi connectivity index (χ3v) is 4.11. The molecule has 4 nitrogen and oxygen atoms in total. The van der Waals surface area contributed by atoms with E-state index in [1.807, 2.05) is 16.9 Å². The summed E-state index contributed by atoms with van der Waals surface area (Å²) in [4.78, 5) is 14.2. The summed E-state index contributed by atoms with van der Waals surface area (Å²) in [6.45, 7) is 9.21. The molecule has 0 aromatic carbocycles. The summed E-state index contributed by atoms with van der Waals surface area (Å²) < 4.78 is 1.87. The van der Waals surface area contributed by atoms with E-state index in [2.05, 4.69) is 17.1 Å². The molecule has 1 aromatic rings. The van der Waals surface area contributed by atoms with Gasteiger partial charge < -0.3 is 9.88 Å². The first-order valence-electron chi connectivity index (χ1n) is 5.78. The Morgan fingerprint density at radius 3 is 2.88 bits per heavy atom. The van der Waals surface area contributed by atoms with Crippen LogP contribution >= 0.6 is 23.7 Å². The average Bonchev–Trinajstić information content (AvgIpc) is 2.58. The van der Waals surface area contributed by atoms with Crippen molar-refractivity contribution in [2.24, 2.45) is 0 Å². The molecule has 0 saturated carbocycles. The highest BCUT2D eigenvalue weighted by atomic mass is 35.5. The molecule has 1 aromatic heterocycles. The lowest BCUT2D eigenvalue weighted by Crippen LogP contribution is -2.50. The molecule has 1 aliphatic rings. The van der Waals surface area contributed by atoms with Crippen molar-refractivity contribution in [2.45, 2.75) is 26.4 Å². The standard InChI is InChI=1S/C11H19N3OS.ClH/c1-9-7-12-3-4-13(9)5-6-14-10(2)8-16-11(14)15;/h8-9,12H,3-7H2,1-2H3;1H/t9-;/m0./s1. The lowest BCUT2D eigenvalue weighted by atomic mass is 10.2. The Hall–Kier alpha value is -0.360. The Balaban J connectivity index is 0.00000144. The number of piperazine rings is 1. The molecule has 6 heteroatoms. The van der Waals surface area contributed by atoms with Crippen molar-refractivity contribution in [3.8, 4) is 0 Å². The minimum Gasteiger partial charge on any atom is -0.314 e. The molecule has 0 aliphatic carbocycles. The van der Waals surface area contributed by atoms with Gasteiger partial charge in [0.05, 0.1) is 0 Å². The minimum atomic E-state index is 0. The zero-order valence-corrected chi connectivity index (χ0v) is 11.9. The molecule has 0 bridgehead atoms. The maximum atomic E-state index is 11.5. The summed E-state index contributed by atoms with van der Waals surface area (Å²) >= 11 is 1.29. The van der Waals surface area contributed by atoms with Gasteiger partial charge >= 0.3 is 4.87 Å². The maximum absolute atomic E-state index is 11.5. The second kappa shape index (κ2) is 6.54. The highest BCUT2D eigenvalue weighted by Crippen LogP contribution is 2.04. The highest BCUT2D eigenvalue weighted by molar-refractivity contribution is 7.07. The Morgan fingerprint density at radius 2 is 2.29 bits per heavy atom. The number of halogens is 1. The van der Waals surface area contributed by atoms with Crippen LogP contribution in [-0.4, -0.2) is 41.7 Å². The predicted octanol–water partition coefficient (Wildman–Crippen LogP) is 0.934. The molecule has 0 unspecified atom stereocenters. The second-order valence-corrected chi connectivity index (χ2v) is 5.20. The van der Waals surface area contributed by atoms with Crippen molar-refractivity contribution in [1.82, 2.24) is 14.8 Å². The van der Waals surface area contributed by atoms with Crippen molar-refractivity contribution in [3.63, 3.8) is 0 Å². The molecule has 1 atom stereocenters. The summed E-state index contributed by atoms with van der Waals surface area (Å²) in [6.07, 6.45) is 0. The quantitative estimate of drug-likeness (QED) is 0.893. The number of thiazole rings is 1. The highest BCUT2D eigenvalue weighted by Gasteiger charge is 2.17. The van der Waals surface area contributed by atoms with E-state index in [0.29, 0.717) is 6.04 Å². The Kier molecular flexibility index (Phi) is 5.66. The van der Waals surface area contributed by atoms with E-state index >= 15 is 0 Å². The first-order valence-corrected chi connectivity index (χ1v) is 6.66. The topological polar surface area (TPSA) is 37.3 Å². The predicted molar refractivity (Wildman–Crippen MR) is 74.5 cm³/mol. The lowest BCUT2D eigenvalue weighted by molar-refractivity contribution is 0.167. The van der Waals surface area contributed by atoms with Gasteiger partial charge in [0, 0.05) is 49.8 Å². The zero-order chi connectivity index (χ0) is 11.5. The third kappa shape index (κ3) is 3.55. The van der Waals surface area contributed by atoms with E-state index in [0.717, 1.165) is 38.4 Å². The van der Waals surface area contributed by atoms with Gasteiger partial charge in [-0.05, 0) is 13.8 Å². The van der Waals surface area contributed by atoms with Crippen LogP contribution in [0.4, 0.5) is 0 Å². The smallest absolute Gasteiger partial charge is 0.307 e. The van der Waals surface area contributed by atoms with Crippen LogP contribution in [0.25, 0.3) is 0 Å². The normalized spacial score (nSPS) is 21.2. The van der Waals surface area contributed by atoms with Crippen LogP contribution in [0.15, 0.2) is 10.2 Å². The maximum Gasteiger partial charge on any atom is 0.307 e. The summed E-state index contributed by atoms with van der Waals surface area (Å²) in [5.74, 6) is 0. The monoisotopic (exact) mass is 277 g/mol. The van der Waals surface area contributed by atoms with Crippen LogP contribution in [0.5, 0.6) is 0 Å². The van der Waals surface area contributed by atoms with E-state index in [1.54, 1.807) is 0 Å². The summed E-state index contributed by atoms with van der Waals surface area (Å²) in [5.41, 5.74) is 1.08. The van der Waals surface area contributed by atoms with Crippen LogP contribution in [0.2, 0.25) is 0 Å². The summed E-state index contributed by atoms with van der Waals surface area (Å²) in [7, 11) is 0. The summed E-state index contributed by atoms with van der Waals surface area (Å²) in [5, 5.41) is 5.31. The van der Waals surface area contributed by atoms with Crippen LogP contribution in [0.3, 0.4) is 0 Å². The molecule has 1 fully saturated rings. The van der Waals surface area contributed by atoms with Crippen molar-refractivity contribution in [1.29, 1.82) is 0 Å². The Morgan fingerprint density at radius 1 is 1.53 bits per heavy atom. The fourth-order valence-corrected chi connectivity index (χ4v) is 2.88. The number of rotatable bonds is 3. The minimum absolute atomic E-state index is 0. The Labute approximate surface area is 112 Å².